The van der Waals surface area contributed by atoms with Crippen molar-refractivity contribution in [3.05, 3.63) is 23.9 Å². The van der Waals surface area contributed by atoms with Gasteiger partial charge < -0.3 is 15.2 Å². The number of hydrogen-bond acceptors (Lipinski definition) is 6. The van der Waals surface area contributed by atoms with Crippen molar-refractivity contribution < 1.29 is 17.9 Å². The van der Waals surface area contributed by atoms with E-state index in [4.69, 9.17) is 15.2 Å². The Bertz CT molecular complexity index is 534. The maximum atomic E-state index is 12.5. The van der Waals surface area contributed by atoms with Gasteiger partial charge in [-0.3, -0.25) is 0 Å². The van der Waals surface area contributed by atoms with Gasteiger partial charge in [-0.25, -0.2) is 13.4 Å². The van der Waals surface area contributed by atoms with Crippen LogP contribution in [0, 0.1) is 0 Å². The second-order valence-corrected chi connectivity index (χ2v) is 6.46. The molecule has 2 heterocycles. The fourth-order valence-corrected chi connectivity index (χ4v) is 3.55. The number of ether oxygens (including phenoxy) is 2. The zero-order valence-electron chi connectivity index (χ0n) is 11.5. The number of nitrogens with zero attached hydrogens (tertiary/aromatic N) is 2. The van der Waals surface area contributed by atoms with E-state index in [0.717, 1.165) is 5.56 Å². The van der Waals surface area contributed by atoms with Crippen LogP contribution in [-0.4, -0.2) is 57.2 Å². The van der Waals surface area contributed by atoms with E-state index < -0.39 is 10.0 Å². The molecule has 0 bridgehead atoms. The number of methoxy groups -OCH3 is 2. The molecule has 1 aromatic rings. The molecule has 0 amide bonds. The summed E-state index contributed by atoms with van der Waals surface area (Å²) in [5, 5.41) is 0.0151. The summed E-state index contributed by atoms with van der Waals surface area (Å²) < 4.78 is 36.8. The van der Waals surface area contributed by atoms with E-state index in [1.807, 2.05) is 0 Å². The minimum absolute atomic E-state index is 0.0151. The van der Waals surface area contributed by atoms with Crippen LogP contribution in [0.4, 0.5) is 0 Å². The normalized spacial score (nSPS) is 24.1. The second kappa shape index (κ2) is 6.15. The first-order chi connectivity index (χ1) is 9.52. The first-order valence-corrected chi connectivity index (χ1v) is 7.67. The summed E-state index contributed by atoms with van der Waals surface area (Å²) in [6, 6.07) is 3.14. The largest absolute Gasteiger partial charge is 0.377 e. The third-order valence-corrected chi connectivity index (χ3v) is 5.17. The molecule has 8 heteroatoms. The lowest BCUT2D eigenvalue weighted by atomic mass is 10.3. The summed E-state index contributed by atoms with van der Waals surface area (Å²) in [7, 11) is -0.543. The zero-order chi connectivity index (χ0) is 14.8. The number of rotatable bonds is 5. The van der Waals surface area contributed by atoms with Crippen molar-refractivity contribution in [3.63, 3.8) is 0 Å². The van der Waals surface area contributed by atoms with Crippen LogP contribution in [0.5, 0.6) is 0 Å². The van der Waals surface area contributed by atoms with Crippen molar-refractivity contribution in [3.8, 4) is 0 Å². The SMILES string of the molecule is COC1CN(S(=O)(=O)c2ccc(CN)cn2)CC1OC. The number of aromatic nitrogens is 1. The molecule has 1 saturated heterocycles. The third-order valence-electron chi connectivity index (χ3n) is 3.42. The Labute approximate surface area is 118 Å². The molecule has 0 aliphatic carbocycles. The summed E-state index contributed by atoms with van der Waals surface area (Å²) in [5.74, 6) is 0. The van der Waals surface area contributed by atoms with Crippen LogP contribution in [0.3, 0.4) is 0 Å². The highest BCUT2D eigenvalue weighted by Crippen LogP contribution is 2.23. The maximum Gasteiger partial charge on any atom is 0.260 e. The van der Waals surface area contributed by atoms with Crippen LogP contribution in [0.1, 0.15) is 5.56 Å². The Kier molecular flexibility index (Phi) is 4.71. The standard InChI is InChI=1S/C12H19N3O4S/c1-18-10-7-15(8-11(10)19-2)20(16,17)12-4-3-9(5-13)6-14-12/h3-4,6,10-11H,5,7-8,13H2,1-2H3. The Morgan fingerprint density at radius 3 is 2.30 bits per heavy atom. The first-order valence-electron chi connectivity index (χ1n) is 6.23. The van der Waals surface area contributed by atoms with Gasteiger partial charge >= 0.3 is 0 Å². The lowest BCUT2D eigenvalue weighted by Crippen LogP contribution is -2.30. The van der Waals surface area contributed by atoms with Crippen LogP contribution in [0.15, 0.2) is 23.4 Å². The van der Waals surface area contributed by atoms with E-state index >= 15 is 0 Å². The van der Waals surface area contributed by atoms with E-state index in [1.165, 1.54) is 16.6 Å². The van der Waals surface area contributed by atoms with Gasteiger partial charge in [0.15, 0.2) is 5.03 Å². The maximum absolute atomic E-state index is 12.5. The summed E-state index contributed by atoms with van der Waals surface area (Å²) in [6.07, 6.45) is 0.945. The molecule has 1 aromatic heterocycles. The molecule has 2 unspecified atom stereocenters. The van der Waals surface area contributed by atoms with Crippen molar-refractivity contribution in [1.82, 2.24) is 9.29 Å². The molecule has 1 fully saturated rings. The van der Waals surface area contributed by atoms with Gasteiger partial charge in [0.25, 0.3) is 10.0 Å². The number of nitrogens with two attached hydrogens (primary N) is 1. The number of hydrogen-bond donors (Lipinski definition) is 1. The van der Waals surface area contributed by atoms with Crippen molar-refractivity contribution in [2.24, 2.45) is 5.73 Å². The van der Waals surface area contributed by atoms with E-state index in [-0.39, 0.29) is 30.3 Å². The van der Waals surface area contributed by atoms with E-state index in [9.17, 15) is 8.42 Å². The monoisotopic (exact) mass is 301 g/mol. The minimum atomic E-state index is -3.63. The van der Waals surface area contributed by atoms with Gasteiger partial charge in [0.1, 0.15) is 0 Å². The van der Waals surface area contributed by atoms with Gasteiger partial charge in [-0.05, 0) is 11.6 Å². The summed E-state index contributed by atoms with van der Waals surface area (Å²) >= 11 is 0. The van der Waals surface area contributed by atoms with Gasteiger partial charge in [-0.15, -0.1) is 0 Å². The van der Waals surface area contributed by atoms with Gasteiger partial charge in [-0.1, -0.05) is 6.07 Å². The van der Waals surface area contributed by atoms with Crippen LogP contribution >= 0.6 is 0 Å². The molecule has 20 heavy (non-hydrogen) atoms. The predicted molar refractivity (Wildman–Crippen MR) is 72.5 cm³/mol. The summed E-state index contributed by atoms with van der Waals surface area (Å²) in [4.78, 5) is 3.98. The summed E-state index contributed by atoms with van der Waals surface area (Å²) in [5.41, 5.74) is 6.26. The van der Waals surface area contributed by atoms with Crippen molar-refractivity contribution in [2.75, 3.05) is 27.3 Å². The molecule has 7 nitrogen and oxygen atoms in total. The third kappa shape index (κ3) is 2.84. The molecule has 0 radical (unpaired) electrons. The van der Waals surface area contributed by atoms with E-state index in [2.05, 4.69) is 4.98 Å². The Balaban J connectivity index is 2.22. The fourth-order valence-electron chi connectivity index (χ4n) is 2.18. The second-order valence-electron chi connectivity index (χ2n) is 4.58. The molecule has 2 atom stereocenters. The van der Waals surface area contributed by atoms with E-state index in [1.54, 1.807) is 20.3 Å². The Morgan fingerprint density at radius 2 is 1.90 bits per heavy atom. The highest BCUT2D eigenvalue weighted by Gasteiger charge is 2.40. The van der Waals surface area contributed by atoms with Crippen molar-refractivity contribution in [2.45, 2.75) is 23.8 Å². The van der Waals surface area contributed by atoms with Gasteiger partial charge in [0, 0.05) is 40.1 Å². The lowest BCUT2D eigenvalue weighted by molar-refractivity contribution is -0.00461. The molecule has 1 aliphatic rings. The van der Waals surface area contributed by atoms with E-state index in [0.29, 0.717) is 6.54 Å². The molecule has 112 valence electrons. The molecule has 0 spiro atoms. The minimum Gasteiger partial charge on any atom is -0.377 e. The fraction of sp³-hybridized carbons (Fsp3) is 0.583. The average molecular weight is 301 g/mol. The molecule has 2 rings (SSSR count). The van der Waals surface area contributed by atoms with Gasteiger partial charge in [0.2, 0.25) is 0 Å². The van der Waals surface area contributed by atoms with Crippen LogP contribution in [0.25, 0.3) is 0 Å². The molecular formula is C12H19N3O4S. The molecule has 2 N–H and O–H groups in total. The topological polar surface area (TPSA) is 94.8 Å². The lowest BCUT2D eigenvalue weighted by Gasteiger charge is -2.15. The van der Waals surface area contributed by atoms with Crippen molar-refractivity contribution in [1.29, 1.82) is 0 Å². The van der Waals surface area contributed by atoms with Crippen LogP contribution < -0.4 is 5.73 Å². The highest BCUT2D eigenvalue weighted by molar-refractivity contribution is 7.89. The summed E-state index contributed by atoms with van der Waals surface area (Å²) in [6.45, 7) is 0.851. The first kappa shape index (κ1) is 15.3. The average Bonchev–Trinajstić information content (AvgIpc) is 2.91. The van der Waals surface area contributed by atoms with Crippen LogP contribution in [0.2, 0.25) is 0 Å². The molecule has 0 saturated carbocycles. The number of pyridine rings is 1. The van der Waals surface area contributed by atoms with Gasteiger partial charge in [-0.2, -0.15) is 4.31 Å². The molecule has 1 aliphatic heterocycles. The van der Waals surface area contributed by atoms with Crippen LogP contribution in [-0.2, 0) is 26.0 Å². The molecular weight excluding hydrogens is 282 g/mol. The smallest absolute Gasteiger partial charge is 0.260 e. The Hall–Kier alpha value is -1.06. The Morgan fingerprint density at radius 1 is 1.30 bits per heavy atom. The quantitative estimate of drug-likeness (QED) is 0.793. The van der Waals surface area contributed by atoms with Gasteiger partial charge in [0.05, 0.1) is 12.2 Å². The molecule has 0 aromatic carbocycles. The zero-order valence-corrected chi connectivity index (χ0v) is 12.3. The van der Waals surface area contributed by atoms with Crippen molar-refractivity contribution >= 4 is 10.0 Å². The number of sulfonamides is 1. The predicted octanol–water partition coefficient (Wildman–Crippen LogP) is -0.425. The highest BCUT2D eigenvalue weighted by atomic mass is 32.2.